The summed E-state index contributed by atoms with van der Waals surface area (Å²) >= 11 is 0. The highest BCUT2D eigenvalue weighted by Crippen LogP contribution is 2.19. The number of hydrogen-bond donors (Lipinski definition) is 2. The first-order chi connectivity index (χ1) is 14.5. The average Bonchev–Trinajstić information content (AvgIpc) is 3.30. The molecule has 1 amide bonds. The van der Waals surface area contributed by atoms with Crippen molar-refractivity contribution >= 4 is 23.2 Å². The number of carbonyl (C=O) groups excluding carboxylic acids is 2. The second-order valence-corrected chi connectivity index (χ2v) is 6.86. The first kappa shape index (κ1) is 19.4. The predicted octanol–water partition coefficient (Wildman–Crippen LogP) is 3.39. The van der Waals surface area contributed by atoms with Gasteiger partial charge in [0.2, 0.25) is 0 Å². The minimum Gasteiger partial charge on any atom is -0.452 e. The Morgan fingerprint density at radius 3 is 2.63 bits per heavy atom. The number of aromatic nitrogens is 4. The first-order valence-corrected chi connectivity index (χ1v) is 9.61. The van der Waals surface area contributed by atoms with E-state index in [0.717, 1.165) is 22.5 Å². The van der Waals surface area contributed by atoms with Crippen molar-refractivity contribution in [2.24, 2.45) is 0 Å². The molecule has 8 nitrogen and oxygen atoms in total. The van der Waals surface area contributed by atoms with Crippen LogP contribution in [-0.4, -0.2) is 38.3 Å². The molecule has 2 N–H and O–H groups in total. The van der Waals surface area contributed by atoms with Gasteiger partial charge in [0.15, 0.2) is 18.1 Å². The van der Waals surface area contributed by atoms with Crippen LogP contribution < -0.4 is 5.32 Å². The molecule has 2 aromatic heterocycles. The molecule has 0 spiro atoms. The summed E-state index contributed by atoms with van der Waals surface area (Å²) in [6, 6.07) is 16.3. The number of amides is 1. The highest BCUT2D eigenvalue weighted by Gasteiger charge is 2.14. The van der Waals surface area contributed by atoms with E-state index in [0.29, 0.717) is 23.5 Å². The third-order valence-corrected chi connectivity index (χ3v) is 4.64. The number of nitrogens with one attached hydrogen (secondary N) is 2. The molecule has 0 aliphatic rings. The number of nitrogens with zero attached hydrogens (tertiary/aromatic N) is 3. The lowest BCUT2D eigenvalue weighted by atomic mass is 10.1. The van der Waals surface area contributed by atoms with E-state index < -0.39 is 11.9 Å². The third kappa shape index (κ3) is 4.07. The van der Waals surface area contributed by atoms with E-state index in [-0.39, 0.29) is 6.61 Å². The highest BCUT2D eigenvalue weighted by atomic mass is 16.5. The van der Waals surface area contributed by atoms with Crippen molar-refractivity contribution in [1.29, 1.82) is 0 Å². The second kappa shape index (κ2) is 8.20. The summed E-state index contributed by atoms with van der Waals surface area (Å²) in [5, 5.41) is 10.2. The van der Waals surface area contributed by atoms with Gasteiger partial charge in [0, 0.05) is 23.0 Å². The van der Waals surface area contributed by atoms with E-state index in [1.807, 2.05) is 44.2 Å². The monoisotopic (exact) mass is 403 g/mol. The zero-order valence-electron chi connectivity index (χ0n) is 16.7. The van der Waals surface area contributed by atoms with Crippen molar-refractivity contribution in [3.8, 4) is 11.4 Å². The van der Waals surface area contributed by atoms with Crippen LogP contribution in [0.15, 0.2) is 54.6 Å². The predicted molar refractivity (Wildman–Crippen MR) is 112 cm³/mol. The molecule has 2 heterocycles. The number of carbonyl (C=O) groups is 2. The molecule has 0 unspecified atom stereocenters. The lowest BCUT2D eigenvalue weighted by Crippen LogP contribution is -2.21. The highest BCUT2D eigenvalue weighted by molar-refractivity contribution is 5.96. The SMILES string of the molecule is CCc1ccccc1C(=O)OCC(=O)Nc1ccc(-c2nc3cc(C)[nH]n3n2)cc1. The molecule has 152 valence electrons. The Morgan fingerprint density at radius 1 is 1.13 bits per heavy atom. The van der Waals surface area contributed by atoms with Crippen LogP contribution in [0.4, 0.5) is 5.69 Å². The molecule has 0 aliphatic carbocycles. The van der Waals surface area contributed by atoms with Crippen molar-refractivity contribution in [2.75, 3.05) is 11.9 Å². The number of anilines is 1. The third-order valence-electron chi connectivity index (χ3n) is 4.64. The summed E-state index contributed by atoms with van der Waals surface area (Å²) in [6.07, 6.45) is 0.713. The van der Waals surface area contributed by atoms with Gasteiger partial charge in [0.05, 0.1) is 5.56 Å². The van der Waals surface area contributed by atoms with Crippen LogP contribution in [0.1, 0.15) is 28.5 Å². The van der Waals surface area contributed by atoms with Crippen molar-refractivity contribution < 1.29 is 14.3 Å². The fourth-order valence-corrected chi connectivity index (χ4v) is 3.15. The van der Waals surface area contributed by atoms with E-state index in [2.05, 4.69) is 20.5 Å². The molecule has 2 aromatic carbocycles. The zero-order valence-corrected chi connectivity index (χ0v) is 16.7. The molecule has 30 heavy (non-hydrogen) atoms. The molecule has 0 radical (unpaired) electrons. The fourth-order valence-electron chi connectivity index (χ4n) is 3.15. The number of aryl methyl sites for hydroxylation is 2. The Hall–Kier alpha value is -3.94. The van der Waals surface area contributed by atoms with Crippen LogP contribution in [0.25, 0.3) is 17.0 Å². The Bertz CT molecular complexity index is 1180. The minimum atomic E-state index is -0.505. The van der Waals surface area contributed by atoms with Gasteiger partial charge in [-0.2, -0.15) is 4.63 Å². The quantitative estimate of drug-likeness (QED) is 0.481. The molecule has 8 heteroatoms. The van der Waals surface area contributed by atoms with Crippen molar-refractivity contribution in [3.63, 3.8) is 0 Å². The lowest BCUT2D eigenvalue weighted by molar-refractivity contribution is -0.119. The van der Waals surface area contributed by atoms with Gasteiger partial charge in [-0.3, -0.25) is 9.89 Å². The molecular formula is C22H21N5O3. The fraction of sp³-hybridized carbons (Fsp3) is 0.182. The van der Waals surface area contributed by atoms with Crippen LogP contribution in [0.3, 0.4) is 0 Å². The van der Waals surface area contributed by atoms with Gasteiger partial charge in [-0.05, 0) is 49.2 Å². The number of benzene rings is 2. The van der Waals surface area contributed by atoms with Crippen LogP contribution in [-0.2, 0) is 16.0 Å². The van der Waals surface area contributed by atoms with Crippen LogP contribution >= 0.6 is 0 Å². The summed E-state index contributed by atoms with van der Waals surface area (Å²) in [5.41, 5.74) is 4.51. The van der Waals surface area contributed by atoms with Crippen molar-refractivity contribution in [2.45, 2.75) is 20.3 Å². The number of fused-ring (bicyclic) bond motifs is 1. The van der Waals surface area contributed by atoms with Gasteiger partial charge in [0.1, 0.15) is 0 Å². The second-order valence-electron chi connectivity index (χ2n) is 6.86. The summed E-state index contributed by atoms with van der Waals surface area (Å²) in [7, 11) is 0. The Kier molecular flexibility index (Phi) is 5.30. The zero-order chi connectivity index (χ0) is 21.1. The molecule has 4 rings (SSSR count). The van der Waals surface area contributed by atoms with Crippen LogP contribution in [0, 0.1) is 6.92 Å². The molecule has 0 aliphatic heterocycles. The molecule has 0 bridgehead atoms. The Morgan fingerprint density at radius 2 is 1.90 bits per heavy atom. The van der Waals surface area contributed by atoms with E-state index in [1.54, 1.807) is 28.9 Å². The maximum absolute atomic E-state index is 12.2. The lowest BCUT2D eigenvalue weighted by Gasteiger charge is -2.09. The summed E-state index contributed by atoms with van der Waals surface area (Å²) in [4.78, 5) is 28.8. The smallest absolute Gasteiger partial charge is 0.338 e. The van der Waals surface area contributed by atoms with Crippen LogP contribution in [0.5, 0.6) is 0 Å². The van der Waals surface area contributed by atoms with Crippen LogP contribution in [0.2, 0.25) is 0 Å². The minimum absolute atomic E-state index is 0.356. The maximum atomic E-state index is 12.2. The first-order valence-electron chi connectivity index (χ1n) is 9.61. The normalized spacial score (nSPS) is 10.9. The van der Waals surface area contributed by atoms with Gasteiger partial charge in [-0.1, -0.05) is 25.1 Å². The summed E-state index contributed by atoms with van der Waals surface area (Å²) in [6.45, 7) is 3.54. The number of H-pyrrole nitrogens is 1. The van der Waals surface area contributed by atoms with Gasteiger partial charge in [-0.15, -0.1) is 5.10 Å². The average molecular weight is 403 g/mol. The molecule has 0 saturated heterocycles. The molecule has 0 fully saturated rings. The molecule has 0 saturated carbocycles. The van der Waals surface area contributed by atoms with Gasteiger partial charge >= 0.3 is 5.97 Å². The van der Waals surface area contributed by atoms with Gasteiger partial charge in [0.25, 0.3) is 5.91 Å². The van der Waals surface area contributed by atoms with Gasteiger partial charge < -0.3 is 10.1 Å². The van der Waals surface area contributed by atoms with E-state index >= 15 is 0 Å². The number of ether oxygens (including phenoxy) is 1. The summed E-state index contributed by atoms with van der Waals surface area (Å²) < 4.78 is 6.77. The number of rotatable bonds is 6. The molecule has 4 aromatic rings. The van der Waals surface area contributed by atoms with E-state index in [4.69, 9.17) is 4.74 Å². The largest absolute Gasteiger partial charge is 0.452 e. The molecule has 0 atom stereocenters. The van der Waals surface area contributed by atoms with E-state index in [1.165, 1.54) is 0 Å². The summed E-state index contributed by atoms with van der Waals surface area (Å²) in [5.74, 6) is -0.327. The Labute approximate surface area is 172 Å². The molecular weight excluding hydrogens is 382 g/mol. The Balaban J connectivity index is 1.35. The topological polar surface area (TPSA) is 101 Å². The van der Waals surface area contributed by atoms with Crippen molar-refractivity contribution in [3.05, 3.63) is 71.4 Å². The van der Waals surface area contributed by atoms with Gasteiger partial charge in [-0.25, -0.2) is 9.78 Å². The van der Waals surface area contributed by atoms with E-state index in [9.17, 15) is 9.59 Å². The number of aromatic amines is 1. The number of hydrogen-bond acceptors (Lipinski definition) is 5. The van der Waals surface area contributed by atoms with Crippen molar-refractivity contribution in [1.82, 2.24) is 19.8 Å². The standard InChI is InChI=1S/C22H21N5O3/c1-3-15-6-4-5-7-18(15)22(29)30-13-20(28)23-17-10-8-16(9-11-17)21-24-19-12-14(2)25-27(19)26-21/h4-12,25H,3,13H2,1-2H3,(H,23,28). The number of esters is 1. The maximum Gasteiger partial charge on any atom is 0.338 e.